The summed E-state index contributed by atoms with van der Waals surface area (Å²) < 4.78 is 41.6. The summed E-state index contributed by atoms with van der Waals surface area (Å²) in [6, 6.07) is 0. The van der Waals surface area contributed by atoms with Crippen molar-refractivity contribution < 1.29 is 22.6 Å². The van der Waals surface area contributed by atoms with Gasteiger partial charge in [-0.2, -0.15) is 0 Å². The maximum absolute atomic E-state index is 11.2. The van der Waals surface area contributed by atoms with Crippen LogP contribution in [0.25, 0.3) is 0 Å². The number of ether oxygens (including phenoxy) is 2. The van der Waals surface area contributed by atoms with E-state index in [-0.39, 0.29) is 19.6 Å². The second-order valence-corrected chi connectivity index (χ2v) is 1.64. The van der Waals surface area contributed by atoms with Crippen LogP contribution < -0.4 is 0 Å². The highest BCUT2D eigenvalue weighted by Crippen LogP contribution is 2.15. The summed E-state index contributed by atoms with van der Waals surface area (Å²) in [5.74, 6) is 0. The van der Waals surface area contributed by atoms with E-state index in [4.69, 9.17) is 0 Å². The van der Waals surface area contributed by atoms with Crippen LogP contribution in [0, 0.1) is 0 Å². The van der Waals surface area contributed by atoms with Crippen LogP contribution in [-0.2, 0) is 9.47 Å². The van der Waals surface area contributed by atoms with Gasteiger partial charge in [0.1, 0.15) is 0 Å². The standard InChI is InChI=1S/C5H9F3O2.2C2H6/c1-9-3-2-4-10-5(6,7)8;2*1-2/h2-4H2,1H3;2*1-2H3. The second kappa shape index (κ2) is 15.2. The summed E-state index contributed by atoms with van der Waals surface area (Å²) in [5, 5.41) is 0. The molecule has 0 rings (SSSR count). The van der Waals surface area contributed by atoms with Gasteiger partial charge in [-0.25, -0.2) is 0 Å². The molecule has 14 heavy (non-hydrogen) atoms. The molecule has 0 aromatic heterocycles. The fraction of sp³-hybridized carbons (Fsp3) is 1.00. The largest absolute Gasteiger partial charge is 0.522 e. The number of rotatable bonds is 4. The fourth-order valence-electron chi connectivity index (χ4n) is 0.391. The molecular weight excluding hydrogens is 197 g/mol. The van der Waals surface area contributed by atoms with E-state index in [1.165, 1.54) is 7.11 Å². The van der Waals surface area contributed by atoms with Crippen molar-refractivity contribution >= 4 is 0 Å². The van der Waals surface area contributed by atoms with Crippen molar-refractivity contribution in [1.82, 2.24) is 0 Å². The van der Waals surface area contributed by atoms with Crippen LogP contribution in [0.1, 0.15) is 34.1 Å². The van der Waals surface area contributed by atoms with E-state index >= 15 is 0 Å². The third-order valence-electron chi connectivity index (χ3n) is 0.759. The molecule has 0 saturated heterocycles. The van der Waals surface area contributed by atoms with Crippen molar-refractivity contribution in [3.63, 3.8) is 0 Å². The Kier molecular flexibility index (Phi) is 21.0. The van der Waals surface area contributed by atoms with E-state index in [2.05, 4.69) is 9.47 Å². The lowest BCUT2D eigenvalue weighted by molar-refractivity contribution is -0.325. The van der Waals surface area contributed by atoms with Gasteiger partial charge in [0.05, 0.1) is 6.61 Å². The Morgan fingerprint density at radius 1 is 0.929 bits per heavy atom. The van der Waals surface area contributed by atoms with Gasteiger partial charge in [0.25, 0.3) is 0 Å². The van der Waals surface area contributed by atoms with Crippen LogP contribution in [0.4, 0.5) is 13.2 Å². The van der Waals surface area contributed by atoms with Crippen molar-refractivity contribution in [2.45, 2.75) is 40.5 Å². The van der Waals surface area contributed by atoms with Gasteiger partial charge in [-0.3, -0.25) is 4.74 Å². The molecule has 0 N–H and O–H groups in total. The maximum Gasteiger partial charge on any atom is 0.522 e. The van der Waals surface area contributed by atoms with E-state index in [0.717, 1.165) is 0 Å². The first kappa shape index (κ1) is 19.3. The van der Waals surface area contributed by atoms with Gasteiger partial charge in [-0.05, 0) is 6.42 Å². The third kappa shape index (κ3) is 29.8. The quantitative estimate of drug-likeness (QED) is 0.671. The molecule has 0 unspecified atom stereocenters. The van der Waals surface area contributed by atoms with Crippen molar-refractivity contribution in [1.29, 1.82) is 0 Å². The average molecular weight is 218 g/mol. The lowest BCUT2D eigenvalue weighted by Crippen LogP contribution is -2.14. The predicted octanol–water partition coefficient (Wildman–Crippen LogP) is 3.61. The zero-order valence-corrected chi connectivity index (χ0v) is 9.57. The monoisotopic (exact) mass is 218 g/mol. The zero-order valence-electron chi connectivity index (χ0n) is 9.57. The molecule has 0 aromatic rings. The minimum Gasteiger partial charge on any atom is -0.385 e. The fourth-order valence-corrected chi connectivity index (χ4v) is 0.391. The zero-order chi connectivity index (χ0) is 12.0. The number of alkyl halides is 3. The highest BCUT2D eigenvalue weighted by molar-refractivity contribution is 4.34. The molecule has 0 amide bonds. The first-order chi connectivity index (χ1) is 6.56. The Labute approximate surface area is 84.4 Å². The summed E-state index contributed by atoms with van der Waals surface area (Å²) >= 11 is 0. The Balaban J connectivity index is -0.000000266. The summed E-state index contributed by atoms with van der Waals surface area (Å²) in [7, 11) is 1.42. The number of methoxy groups -OCH3 is 1. The van der Waals surface area contributed by atoms with Gasteiger partial charge >= 0.3 is 6.36 Å². The van der Waals surface area contributed by atoms with Crippen molar-refractivity contribution in [3.05, 3.63) is 0 Å². The molecule has 0 bridgehead atoms. The Hall–Kier alpha value is -0.290. The molecule has 0 aliphatic carbocycles. The van der Waals surface area contributed by atoms with E-state index in [9.17, 15) is 13.2 Å². The van der Waals surface area contributed by atoms with Crippen LogP contribution >= 0.6 is 0 Å². The molecule has 5 heteroatoms. The molecule has 0 fully saturated rings. The molecule has 0 saturated carbocycles. The van der Waals surface area contributed by atoms with Gasteiger partial charge in [0.2, 0.25) is 0 Å². The number of hydrogen-bond acceptors (Lipinski definition) is 2. The molecule has 0 aromatic carbocycles. The molecular formula is C9H21F3O2. The maximum atomic E-state index is 11.2. The SMILES string of the molecule is CC.CC.COCCCOC(F)(F)F. The summed E-state index contributed by atoms with van der Waals surface area (Å²) in [4.78, 5) is 0. The number of hydrogen-bond donors (Lipinski definition) is 0. The minimum absolute atomic E-state index is 0.260. The van der Waals surface area contributed by atoms with E-state index in [1.807, 2.05) is 27.7 Å². The second-order valence-electron chi connectivity index (χ2n) is 1.64. The van der Waals surface area contributed by atoms with Crippen LogP contribution in [0.2, 0.25) is 0 Å². The Morgan fingerprint density at radius 3 is 1.64 bits per heavy atom. The molecule has 0 aliphatic heterocycles. The highest BCUT2D eigenvalue weighted by Gasteiger charge is 2.28. The summed E-state index contributed by atoms with van der Waals surface area (Å²) in [5.41, 5.74) is 0. The van der Waals surface area contributed by atoms with Crippen molar-refractivity contribution in [2.24, 2.45) is 0 Å². The average Bonchev–Trinajstić information content (AvgIpc) is 2.18. The molecule has 90 valence electrons. The van der Waals surface area contributed by atoms with Crippen LogP contribution in [0.3, 0.4) is 0 Å². The van der Waals surface area contributed by atoms with Gasteiger partial charge in [0.15, 0.2) is 0 Å². The van der Waals surface area contributed by atoms with Crippen LogP contribution in [0.5, 0.6) is 0 Å². The topological polar surface area (TPSA) is 18.5 Å². The van der Waals surface area contributed by atoms with Gasteiger partial charge < -0.3 is 4.74 Å². The normalized spacial score (nSPS) is 9.43. The summed E-state index contributed by atoms with van der Waals surface area (Å²) in [6.07, 6.45) is -4.25. The molecule has 0 radical (unpaired) electrons. The molecule has 0 heterocycles. The van der Waals surface area contributed by atoms with Crippen molar-refractivity contribution in [2.75, 3.05) is 20.3 Å². The van der Waals surface area contributed by atoms with E-state index < -0.39 is 6.36 Å². The first-order valence-corrected chi connectivity index (χ1v) is 4.76. The molecule has 0 atom stereocenters. The van der Waals surface area contributed by atoms with Crippen LogP contribution in [0.15, 0.2) is 0 Å². The number of halogens is 3. The molecule has 0 aliphatic rings. The van der Waals surface area contributed by atoms with Crippen molar-refractivity contribution in [3.8, 4) is 0 Å². The summed E-state index contributed by atoms with van der Waals surface area (Å²) in [6.45, 7) is 7.95. The first-order valence-electron chi connectivity index (χ1n) is 4.76. The smallest absolute Gasteiger partial charge is 0.385 e. The predicted molar refractivity (Wildman–Crippen MR) is 51.2 cm³/mol. The van der Waals surface area contributed by atoms with E-state index in [0.29, 0.717) is 0 Å². The van der Waals surface area contributed by atoms with E-state index in [1.54, 1.807) is 0 Å². The minimum atomic E-state index is -4.51. The third-order valence-corrected chi connectivity index (χ3v) is 0.759. The van der Waals surface area contributed by atoms with Gasteiger partial charge in [-0.15, -0.1) is 13.2 Å². The molecule has 0 spiro atoms. The Bertz CT molecular complexity index is 84.6. The highest BCUT2D eigenvalue weighted by atomic mass is 19.4. The lowest BCUT2D eigenvalue weighted by Gasteiger charge is -2.05. The van der Waals surface area contributed by atoms with Crippen LogP contribution in [-0.4, -0.2) is 26.7 Å². The Morgan fingerprint density at radius 2 is 1.36 bits per heavy atom. The van der Waals surface area contributed by atoms with Gasteiger partial charge in [0, 0.05) is 13.7 Å². The van der Waals surface area contributed by atoms with Gasteiger partial charge in [-0.1, -0.05) is 27.7 Å². The molecule has 2 nitrogen and oxygen atoms in total. The lowest BCUT2D eigenvalue weighted by atomic mass is 10.5.